The summed E-state index contributed by atoms with van der Waals surface area (Å²) in [7, 11) is 0. The molecular formula is C26H38N4. The normalized spacial score (nSPS) is 19.9. The lowest BCUT2D eigenvalue weighted by atomic mass is 10.2. The van der Waals surface area contributed by atoms with Gasteiger partial charge >= 0.3 is 0 Å². The van der Waals surface area contributed by atoms with Crippen LogP contribution in [0.15, 0.2) is 60.7 Å². The molecule has 30 heavy (non-hydrogen) atoms. The van der Waals surface area contributed by atoms with E-state index in [2.05, 4.69) is 80.3 Å². The second kappa shape index (κ2) is 11.6. The number of benzene rings is 2. The Hall–Kier alpha value is -1.72. The summed E-state index contributed by atoms with van der Waals surface area (Å²) in [5.41, 5.74) is 2.88. The van der Waals surface area contributed by atoms with E-state index in [9.17, 15) is 0 Å². The van der Waals surface area contributed by atoms with Crippen LogP contribution < -0.4 is 0 Å². The first-order valence-corrected chi connectivity index (χ1v) is 11.8. The molecule has 0 spiro atoms. The van der Waals surface area contributed by atoms with Crippen molar-refractivity contribution in [2.75, 3.05) is 65.4 Å². The van der Waals surface area contributed by atoms with Crippen molar-refractivity contribution in [1.82, 2.24) is 19.6 Å². The third-order valence-corrected chi connectivity index (χ3v) is 6.63. The summed E-state index contributed by atoms with van der Waals surface area (Å²) in [6.45, 7) is 14.5. The number of nitrogens with zero attached hydrogens (tertiary/aromatic N) is 4. The minimum Gasteiger partial charge on any atom is -0.301 e. The molecule has 4 rings (SSSR count). The summed E-state index contributed by atoms with van der Waals surface area (Å²) in [6.07, 6.45) is 2.67. The standard InChI is InChI=1S/C26H38N4/c1-3-9-25(10-4-1)23-29-19-15-27(16-20-29)13-7-8-14-28-17-21-30(22-18-28)24-26-11-5-2-6-12-26/h1-6,9-12H,7-8,13-24H2. The van der Waals surface area contributed by atoms with Gasteiger partial charge in [-0.1, -0.05) is 60.7 Å². The number of hydrogen-bond donors (Lipinski definition) is 0. The van der Waals surface area contributed by atoms with Crippen LogP contribution in [0.2, 0.25) is 0 Å². The molecule has 0 aromatic heterocycles. The Bertz CT molecular complexity index is 641. The fourth-order valence-corrected chi connectivity index (χ4v) is 4.70. The molecule has 0 atom stereocenters. The van der Waals surface area contributed by atoms with E-state index in [0.717, 1.165) is 13.1 Å². The molecule has 2 aliphatic heterocycles. The molecule has 4 heteroatoms. The van der Waals surface area contributed by atoms with E-state index in [0.29, 0.717) is 0 Å². The highest BCUT2D eigenvalue weighted by molar-refractivity contribution is 5.15. The van der Waals surface area contributed by atoms with Crippen LogP contribution in [-0.4, -0.2) is 85.0 Å². The molecule has 2 saturated heterocycles. The van der Waals surface area contributed by atoms with Crippen LogP contribution in [0.3, 0.4) is 0 Å². The largest absolute Gasteiger partial charge is 0.301 e. The Labute approximate surface area is 183 Å². The number of unbranched alkanes of at least 4 members (excludes halogenated alkanes) is 1. The van der Waals surface area contributed by atoms with Crippen molar-refractivity contribution < 1.29 is 0 Å². The first-order valence-electron chi connectivity index (χ1n) is 11.8. The molecule has 0 radical (unpaired) electrons. The highest BCUT2D eigenvalue weighted by Gasteiger charge is 2.18. The van der Waals surface area contributed by atoms with Crippen molar-refractivity contribution >= 4 is 0 Å². The van der Waals surface area contributed by atoms with Gasteiger partial charge in [-0.2, -0.15) is 0 Å². The summed E-state index contributed by atoms with van der Waals surface area (Å²) in [5.74, 6) is 0. The van der Waals surface area contributed by atoms with Crippen molar-refractivity contribution in [3.8, 4) is 0 Å². The molecule has 0 unspecified atom stereocenters. The SMILES string of the molecule is c1ccc(CN2CCN(CCCCN3CCN(Cc4ccccc4)CC3)CC2)cc1. The predicted molar refractivity (Wildman–Crippen MR) is 126 cm³/mol. The highest BCUT2D eigenvalue weighted by Crippen LogP contribution is 2.11. The van der Waals surface area contributed by atoms with Crippen LogP contribution in [0.1, 0.15) is 24.0 Å². The van der Waals surface area contributed by atoms with E-state index in [4.69, 9.17) is 0 Å². The van der Waals surface area contributed by atoms with Crippen LogP contribution >= 0.6 is 0 Å². The van der Waals surface area contributed by atoms with Gasteiger partial charge in [0.05, 0.1) is 0 Å². The minimum atomic E-state index is 1.10. The molecule has 2 aliphatic rings. The Morgan fingerprint density at radius 1 is 0.433 bits per heavy atom. The van der Waals surface area contributed by atoms with Gasteiger partial charge in [0, 0.05) is 65.4 Å². The van der Waals surface area contributed by atoms with Crippen molar-refractivity contribution in [1.29, 1.82) is 0 Å². The number of rotatable bonds is 9. The van der Waals surface area contributed by atoms with Gasteiger partial charge in [0.1, 0.15) is 0 Å². The van der Waals surface area contributed by atoms with Crippen LogP contribution in [0.25, 0.3) is 0 Å². The van der Waals surface area contributed by atoms with E-state index >= 15 is 0 Å². The molecule has 0 N–H and O–H groups in total. The maximum absolute atomic E-state index is 2.67. The average molecular weight is 407 g/mol. The molecular weight excluding hydrogens is 368 g/mol. The third-order valence-electron chi connectivity index (χ3n) is 6.63. The molecule has 0 amide bonds. The Morgan fingerprint density at radius 3 is 1.13 bits per heavy atom. The van der Waals surface area contributed by atoms with Gasteiger partial charge in [0.15, 0.2) is 0 Å². The van der Waals surface area contributed by atoms with Gasteiger partial charge in [0.25, 0.3) is 0 Å². The Kier molecular flexibility index (Phi) is 8.33. The van der Waals surface area contributed by atoms with E-state index in [1.165, 1.54) is 89.4 Å². The molecule has 0 saturated carbocycles. The minimum absolute atomic E-state index is 1.10. The zero-order valence-corrected chi connectivity index (χ0v) is 18.5. The molecule has 0 aliphatic carbocycles. The van der Waals surface area contributed by atoms with Crippen LogP contribution in [0.5, 0.6) is 0 Å². The lowest BCUT2D eigenvalue weighted by Crippen LogP contribution is -2.47. The lowest BCUT2D eigenvalue weighted by molar-refractivity contribution is 0.114. The van der Waals surface area contributed by atoms with Crippen molar-refractivity contribution in [2.45, 2.75) is 25.9 Å². The number of hydrogen-bond acceptors (Lipinski definition) is 4. The molecule has 2 heterocycles. The van der Waals surface area contributed by atoms with E-state index in [-0.39, 0.29) is 0 Å². The summed E-state index contributed by atoms with van der Waals surface area (Å²) < 4.78 is 0. The first kappa shape index (κ1) is 21.5. The molecule has 2 aromatic rings. The molecule has 0 bridgehead atoms. The predicted octanol–water partition coefficient (Wildman–Crippen LogP) is 3.40. The number of piperazine rings is 2. The van der Waals surface area contributed by atoms with Crippen LogP contribution in [-0.2, 0) is 13.1 Å². The van der Waals surface area contributed by atoms with Gasteiger partial charge in [-0.25, -0.2) is 0 Å². The fraction of sp³-hybridized carbons (Fsp3) is 0.538. The summed E-state index contributed by atoms with van der Waals surface area (Å²) in [4.78, 5) is 10.5. The molecule has 2 fully saturated rings. The van der Waals surface area contributed by atoms with Gasteiger partial charge in [-0.3, -0.25) is 9.80 Å². The molecule has 4 nitrogen and oxygen atoms in total. The maximum atomic E-state index is 2.67. The Balaban J connectivity index is 1.04. The van der Waals surface area contributed by atoms with Gasteiger partial charge in [-0.15, -0.1) is 0 Å². The van der Waals surface area contributed by atoms with Crippen molar-refractivity contribution in [3.63, 3.8) is 0 Å². The second-order valence-electron chi connectivity index (χ2n) is 8.91. The molecule has 162 valence electrons. The zero-order valence-electron chi connectivity index (χ0n) is 18.5. The maximum Gasteiger partial charge on any atom is 0.0234 e. The van der Waals surface area contributed by atoms with E-state index in [1.54, 1.807) is 0 Å². The van der Waals surface area contributed by atoms with Gasteiger partial charge in [-0.05, 0) is 37.1 Å². The van der Waals surface area contributed by atoms with Gasteiger partial charge < -0.3 is 9.80 Å². The van der Waals surface area contributed by atoms with Crippen LogP contribution in [0, 0.1) is 0 Å². The lowest BCUT2D eigenvalue weighted by Gasteiger charge is -2.36. The average Bonchev–Trinajstić information content (AvgIpc) is 2.80. The molecule has 2 aromatic carbocycles. The quantitative estimate of drug-likeness (QED) is 0.592. The Morgan fingerprint density at radius 2 is 0.767 bits per heavy atom. The second-order valence-corrected chi connectivity index (χ2v) is 8.91. The van der Waals surface area contributed by atoms with E-state index < -0.39 is 0 Å². The van der Waals surface area contributed by atoms with Gasteiger partial charge in [0.2, 0.25) is 0 Å². The summed E-state index contributed by atoms with van der Waals surface area (Å²) >= 11 is 0. The highest BCUT2D eigenvalue weighted by atomic mass is 15.3. The first-order chi connectivity index (χ1) is 14.8. The van der Waals surface area contributed by atoms with E-state index in [1.807, 2.05) is 0 Å². The summed E-state index contributed by atoms with van der Waals surface area (Å²) in [6, 6.07) is 21.8. The monoisotopic (exact) mass is 406 g/mol. The van der Waals surface area contributed by atoms with Crippen molar-refractivity contribution in [2.24, 2.45) is 0 Å². The third kappa shape index (κ3) is 6.92. The zero-order chi connectivity index (χ0) is 20.4. The smallest absolute Gasteiger partial charge is 0.0234 e. The summed E-state index contributed by atoms with van der Waals surface area (Å²) in [5, 5.41) is 0. The van der Waals surface area contributed by atoms with Crippen LogP contribution in [0.4, 0.5) is 0 Å². The fourth-order valence-electron chi connectivity index (χ4n) is 4.70. The van der Waals surface area contributed by atoms with Crippen molar-refractivity contribution in [3.05, 3.63) is 71.8 Å². The topological polar surface area (TPSA) is 13.0 Å².